The normalized spacial score (nSPS) is 19.7. The molecule has 0 aromatic heterocycles. The first-order chi connectivity index (χ1) is 7.20. The molecule has 0 fully saturated rings. The van der Waals surface area contributed by atoms with Gasteiger partial charge in [-0.1, -0.05) is 26.0 Å². The molecule has 1 unspecified atom stereocenters. The lowest BCUT2D eigenvalue weighted by Gasteiger charge is -2.29. The highest BCUT2D eigenvalue weighted by atomic mass is 15.1. The van der Waals surface area contributed by atoms with Gasteiger partial charge in [-0.15, -0.1) is 0 Å². The van der Waals surface area contributed by atoms with Gasteiger partial charge in [0.1, 0.15) is 0 Å². The van der Waals surface area contributed by atoms with E-state index in [1.807, 2.05) is 0 Å². The summed E-state index contributed by atoms with van der Waals surface area (Å²) in [5.74, 6) is 0. The second-order valence-electron chi connectivity index (χ2n) is 4.86. The van der Waals surface area contributed by atoms with Crippen LogP contribution in [0.5, 0.6) is 0 Å². The second-order valence-corrected chi connectivity index (χ2v) is 4.86. The molecule has 0 bridgehead atoms. The smallest absolute Gasteiger partial charge is 0.0166 e. The highest BCUT2D eigenvalue weighted by molar-refractivity contribution is 4.92. The number of nitrogens with one attached hydrogen (secondary N) is 1. The molecule has 0 amide bonds. The van der Waals surface area contributed by atoms with Crippen LogP contribution in [0.1, 0.15) is 40.0 Å². The fourth-order valence-corrected chi connectivity index (χ4v) is 2.03. The Hall–Kier alpha value is -0.340. The second kappa shape index (κ2) is 7.02. The van der Waals surface area contributed by atoms with E-state index in [1.54, 1.807) is 0 Å². The van der Waals surface area contributed by atoms with Gasteiger partial charge in [0.25, 0.3) is 0 Å². The molecule has 88 valence electrons. The van der Waals surface area contributed by atoms with Crippen molar-refractivity contribution in [3.05, 3.63) is 12.2 Å². The molecule has 2 heteroatoms. The lowest BCUT2D eigenvalue weighted by Crippen LogP contribution is -2.36. The van der Waals surface area contributed by atoms with Crippen LogP contribution < -0.4 is 5.32 Å². The minimum absolute atomic E-state index is 0.623. The Labute approximate surface area is 94.7 Å². The van der Waals surface area contributed by atoms with Crippen molar-refractivity contribution in [2.45, 2.75) is 52.1 Å². The van der Waals surface area contributed by atoms with Gasteiger partial charge in [0.15, 0.2) is 0 Å². The van der Waals surface area contributed by atoms with Gasteiger partial charge in [0.2, 0.25) is 0 Å². The highest BCUT2D eigenvalue weighted by Crippen LogP contribution is 2.10. The summed E-state index contributed by atoms with van der Waals surface area (Å²) in [6.45, 7) is 10.3. The van der Waals surface area contributed by atoms with Crippen molar-refractivity contribution in [1.29, 1.82) is 0 Å². The lowest BCUT2D eigenvalue weighted by atomic mass is 10.1. The van der Waals surface area contributed by atoms with Gasteiger partial charge in [-0.05, 0) is 32.7 Å². The Balaban J connectivity index is 2.07. The summed E-state index contributed by atoms with van der Waals surface area (Å²) in [6, 6.07) is 1.36. The molecule has 1 heterocycles. The van der Waals surface area contributed by atoms with E-state index in [2.05, 4.69) is 43.1 Å². The maximum Gasteiger partial charge on any atom is 0.0166 e. The van der Waals surface area contributed by atoms with Crippen LogP contribution in [0.25, 0.3) is 0 Å². The van der Waals surface area contributed by atoms with Crippen molar-refractivity contribution in [2.75, 3.05) is 19.6 Å². The first-order valence-corrected chi connectivity index (χ1v) is 6.32. The third kappa shape index (κ3) is 5.33. The van der Waals surface area contributed by atoms with Crippen LogP contribution >= 0.6 is 0 Å². The quantitative estimate of drug-likeness (QED) is 0.535. The molecule has 1 aliphatic heterocycles. The summed E-state index contributed by atoms with van der Waals surface area (Å²) in [7, 11) is 0. The van der Waals surface area contributed by atoms with Crippen LogP contribution in [0.15, 0.2) is 12.2 Å². The molecule has 0 aromatic rings. The van der Waals surface area contributed by atoms with E-state index in [4.69, 9.17) is 0 Å². The Morgan fingerprint density at radius 2 is 2.07 bits per heavy atom. The van der Waals surface area contributed by atoms with Crippen LogP contribution in [0.4, 0.5) is 0 Å². The number of hydrogen-bond donors (Lipinski definition) is 1. The van der Waals surface area contributed by atoms with Crippen LogP contribution in [0, 0.1) is 0 Å². The topological polar surface area (TPSA) is 15.3 Å². The van der Waals surface area contributed by atoms with E-state index in [1.165, 1.54) is 25.8 Å². The van der Waals surface area contributed by atoms with Gasteiger partial charge in [0.05, 0.1) is 0 Å². The maximum absolute atomic E-state index is 3.47. The fraction of sp³-hybridized carbons (Fsp3) is 0.846. The van der Waals surface area contributed by atoms with Crippen molar-refractivity contribution < 1.29 is 0 Å². The molecule has 0 spiro atoms. The van der Waals surface area contributed by atoms with Crippen LogP contribution in [0.3, 0.4) is 0 Å². The minimum atomic E-state index is 0.623. The predicted molar refractivity (Wildman–Crippen MR) is 67.2 cm³/mol. The van der Waals surface area contributed by atoms with Crippen LogP contribution in [-0.2, 0) is 0 Å². The predicted octanol–water partition coefficient (Wildman–Crippen LogP) is 2.42. The molecule has 0 radical (unpaired) electrons. The third-order valence-electron chi connectivity index (χ3n) is 3.06. The van der Waals surface area contributed by atoms with E-state index in [0.717, 1.165) is 19.1 Å². The molecule has 0 aliphatic carbocycles. The SMILES string of the molecule is CC(C)NCCCC(C)N1CC=CCC1. The minimum Gasteiger partial charge on any atom is -0.315 e. The zero-order valence-corrected chi connectivity index (χ0v) is 10.5. The molecular formula is C13H26N2. The number of hydrogen-bond acceptors (Lipinski definition) is 2. The van der Waals surface area contributed by atoms with Gasteiger partial charge in [-0.2, -0.15) is 0 Å². The van der Waals surface area contributed by atoms with Gasteiger partial charge in [-0.3, -0.25) is 4.90 Å². The summed E-state index contributed by atoms with van der Waals surface area (Å²) < 4.78 is 0. The molecule has 0 aromatic carbocycles. The molecule has 1 aliphatic rings. The average Bonchev–Trinajstić information content (AvgIpc) is 2.25. The summed E-state index contributed by atoms with van der Waals surface area (Å²) in [5.41, 5.74) is 0. The first-order valence-electron chi connectivity index (χ1n) is 6.32. The maximum atomic E-state index is 3.47. The van der Waals surface area contributed by atoms with Crippen molar-refractivity contribution in [2.24, 2.45) is 0 Å². The van der Waals surface area contributed by atoms with Crippen molar-refractivity contribution in [1.82, 2.24) is 10.2 Å². The Kier molecular flexibility index (Phi) is 5.96. The first kappa shape index (κ1) is 12.7. The van der Waals surface area contributed by atoms with Crippen LogP contribution in [-0.4, -0.2) is 36.6 Å². The van der Waals surface area contributed by atoms with E-state index < -0.39 is 0 Å². The van der Waals surface area contributed by atoms with E-state index >= 15 is 0 Å². The van der Waals surface area contributed by atoms with Gasteiger partial charge in [-0.25, -0.2) is 0 Å². The Bertz CT molecular complexity index is 187. The molecule has 2 nitrogen and oxygen atoms in total. The third-order valence-corrected chi connectivity index (χ3v) is 3.06. The molecule has 0 saturated heterocycles. The summed E-state index contributed by atoms with van der Waals surface area (Å²) >= 11 is 0. The van der Waals surface area contributed by atoms with Crippen molar-refractivity contribution in [3.63, 3.8) is 0 Å². The standard InChI is InChI=1S/C13H26N2/c1-12(2)14-9-7-8-13(3)15-10-5-4-6-11-15/h4-5,12-14H,6-11H2,1-3H3. The Morgan fingerprint density at radius 1 is 1.27 bits per heavy atom. The van der Waals surface area contributed by atoms with Gasteiger partial charge in [0, 0.05) is 25.2 Å². The lowest BCUT2D eigenvalue weighted by molar-refractivity contribution is 0.214. The van der Waals surface area contributed by atoms with Crippen LogP contribution in [0.2, 0.25) is 0 Å². The highest BCUT2D eigenvalue weighted by Gasteiger charge is 2.13. The van der Waals surface area contributed by atoms with E-state index in [0.29, 0.717) is 6.04 Å². The summed E-state index contributed by atoms with van der Waals surface area (Å²) in [5, 5.41) is 3.47. The number of nitrogens with zero attached hydrogens (tertiary/aromatic N) is 1. The molecule has 0 saturated carbocycles. The molecule has 1 rings (SSSR count). The van der Waals surface area contributed by atoms with Crippen molar-refractivity contribution >= 4 is 0 Å². The molecule has 15 heavy (non-hydrogen) atoms. The molecular weight excluding hydrogens is 184 g/mol. The average molecular weight is 210 g/mol. The van der Waals surface area contributed by atoms with Gasteiger partial charge < -0.3 is 5.32 Å². The summed E-state index contributed by atoms with van der Waals surface area (Å²) in [4.78, 5) is 2.58. The largest absolute Gasteiger partial charge is 0.315 e. The zero-order valence-electron chi connectivity index (χ0n) is 10.5. The van der Waals surface area contributed by atoms with Gasteiger partial charge >= 0.3 is 0 Å². The molecule has 1 N–H and O–H groups in total. The van der Waals surface area contributed by atoms with Crippen molar-refractivity contribution in [3.8, 4) is 0 Å². The Morgan fingerprint density at radius 3 is 2.67 bits per heavy atom. The molecule has 1 atom stereocenters. The van der Waals surface area contributed by atoms with E-state index in [-0.39, 0.29) is 0 Å². The fourth-order valence-electron chi connectivity index (χ4n) is 2.03. The summed E-state index contributed by atoms with van der Waals surface area (Å²) in [6.07, 6.45) is 8.43. The zero-order chi connectivity index (χ0) is 11.1. The monoisotopic (exact) mass is 210 g/mol. The number of rotatable bonds is 6. The van der Waals surface area contributed by atoms with E-state index in [9.17, 15) is 0 Å².